The van der Waals surface area contributed by atoms with Crippen molar-refractivity contribution in [2.24, 2.45) is 11.1 Å². The lowest BCUT2D eigenvalue weighted by atomic mass is 9.86. The van der Waals surface area contributed by atoms with Gasteiger partial charge in [-0.05, 0) is 149 Å². The number of aromatic nitrogens is 4. The summed E-state index contributed by atoms with van der Waals surface area (Å²) < 4.78 is 80.7. The molecule has 3 unspecified atom stereocenters. The molecule has 788 valence electrons. The van der Waals surface area contributed by atoms with Gasteiger partial charge in [0.2, 0.25) is 0 Å². The molecule has 3 atom stereocenters. The van der Waals surface area contributed by atoms with E-state index in [-0.39, 0.29) is 119 Å². The number of nitrogens with one attached hydrogen (secondary N) is 2. The average Bonchev–Trinajstić information content (AvgIpc) is 1.27. The number of carbonyl (C=O) groups excluding carboxylic acids is 5. The molecule has 11 aromatic rings. The Morgan fingerprint density at radius 2 is 0.748 bits per heavy atom. The Morgan fingerprint density at radius 1 is 0.374 bits per heavy atom. The van der Waals surface area contributed by atoms with E-state index in [1.807, 2.05) is 103 Å². The smallest absolute Gasteiger partial charge is 0.374 e. The first-order valence-corrected chi connectivity index (χ1v) is 45.2. The van der Waals surface area contributed by atoms with Gasteiger partial charge in [0.15, 0.2) is 41.2 Å². The van der Waals surface area contributed by atoms with Gasteiger partial charge in [0.05, 0.1) is 44.5 Å². The van der Waals surface area contributed by atoms with E-state index < -0.39 is 125 Å². The van der Waals surface area contributed by atoms with Crippen LogP contribution in [0.1, 0.15) is 209 Å². The number of carboxylic acid groups (broad SMARTS) is 11. The maximum Gasteiger partial charge on any atom is 0.374 e. The molecule has 0 saturated heterocycles. The number of benzene rings is 9. The second-order valence-electron chi connectivity index (χ2n) is 32.0. The zero-order valence-electron chi connectivity index (χ0n) is 80.5. The highest BCUT2D eigenvalue weighted by atomic mass is 19.3. The molecular weight excluding hydrogens is 1930 g/mol. The molecule has 2 heterocycles. The number of rotatable bonds is 45. The van der Waals surface area contributed by atoms with E-state index in [2.05, 4.69) is 19.9 Å². The van der Waals surface area contributed by atoms with Crippen LogP contribution in [-0.4, -0.2) is 207 Å². The predicted molar refractivity (Wildman–Crippen MR) is 526 cm³/mol. The van der Waals surface area contributed by atoms with Crippen LogP contribution in [0.25, 0.3) is 0 Å². The summed E-state index contributed by atoms with van der Waals surface area (Å²) in [5.41, 5.74) is 11.0. The van der Waals surface area contributed by atoms with Crippen molar-refractivity contribution in [2.75, 3.05) is 7.11 Å². The summed E-state index contributed by atoms with van der Waals surface area (Å²) in [5.74, 6) is -17.6. The molecule has 2 aromatic heterocycles. The van der Waals surface area contributed by atoms with Crippen molar-refractivity contribution in [2.45, 2.75) is 186 Å². The molecule has 16 N–H and O–H groups in total. The van der Waals surface area contributed by atoms with Crippen molar-refractivity contribution >= 4 is 94.6 Å². The van der Waals surface area contributed by atoms with Gasteiger partial charge in [-0.1, -0.05) is 194 Å². The molecule has 0 bridgehead atoms. The zero-order chi connectivity index (χ0) is 110. The van der Waals surface area contributed by atoms with Gasteiger partial charge in [-0.15, -0.1) is 0 Å². The van der Waals surface area contributed by atoms with Crippen LogP contribution in [0, 0.1) is 22.9 Å². The first-order chi connectivity index (χ1) is 69.5. The maximum absolute atomic E-state index is 12.7. The molecule has 11 rings (SSSR count). The van der Waals surface area contributed by atoms with Crippen molar-refractivity contribution in [1.29, 1.82) is 0 Å². The number of aromatic amines is 2. The quantitative estimate of drug-likeness (QED) is 0.0124. The molecule has 0 amide bonds. The summed E-state index contributed by atoms with van der Waals surface area (Å²) in [6.45, 7) is 3.10. The van der Waals surface area contributed by atoms with Crippen LogP contribution in [0.15, 0.2) is 274 Å². The third-order valence-electron chi connectivity index (χ3n) is 19.5. The zero-order valence-corrected chi connectivity index (χ0v) is 80.5. The highest BCUT2D eigenvalue weighted by Gasteiger charge is 2.38. The minimum atomic E-state index is -3.63. The van der Waals surface area contributed by atoms with Crippen molar-refractivity contribution in [3.63, 3.8) is 0 Å². The monoisotopic (exact) mass is 2050 g/mol. The van der Waals surface area contributed by atoms with Crippen molar-refractivity contribution in [3.05, 3.63) is 353 Å². The van der Waals surface area contributed by atoms with Crippen LogP contribution < -0.4 is 10.5 Å². The summed E-state index contributed by atoms with van der Waals surface area (Å²) >= 11 is 0. The fraction of sp³-hybridized carbons (Fsp3) is 0.290. The molecule has 0 saturated carbocycles. The Balaban J connectivity index is 0.000000809. The number of hydrogen-bond donors (Lipinski definition) is 15. The number of carbonyl (C=O) groups is 16. The Morgan fingerprint density at radius 3 is 1.12 bits per heavy atom. The number of hydrogen-bond acceptors (Lipinski definition) is 21. The van der Waals surface area contributed by atoms with E-state index in [0.717, 1.165) is 46.8 Å². The first kappa shape index (κ1) is 128. The lowest BCUT2D eigenvalue weighted by Crippen LogP contribution is -2.30. The number of ether oxygens (including phenoxy) is 1. The molecule has 0 aliphatic heterocycles. The van der Waals surface area contributed by atoms with Crippen LogP contribution in [0.3, 0.4) is 0 Å². The number of Topliss-reactive ketones (excluding diaryl/α,β-unsaturated/α-hetero) is 5. The molecule has 0 aliphatic rings. The van der Waals surface area contributed by atoms with Gasteiger partial charge < -0.3 is 81.7 Å². The number of imidazole rings is 2. The highest BCUT2D eigenvalue weighted by molar-refractivity contribution is 6.00. The number of nitrogens with two attached hydrogens (primary N) is 1. The predicted octanol–water partition coefficient (Wildman–Crippen LogP) is 17.8. The van der Waals surface area contributed by atoms with E-state index in [9.17, 15) is 103 Å². The summed E-state index contributed by atoms with van der Waals surface area (Å²) in [6.07, 6.45) is 7.86. The van der Waals surface area contributed by atoms with Gasteiger partial charge in [-0.2, -0.15) is 8.78 Å². The van der Waals surface area contributed by atoms with Crippen molar-refractivity contribution in [3.8, 4) is 5.75 Å². The number of aliphatic hydroxyl groups excluding tert-OH is 1. The topological polar surface area (TPSA) is 608 Å². The van der Waals surface area contributed by atoms with Gasteiger partial charge in [-0.25, -0.2) is 41.9 Å². The average molecular weight is 2050 g/mol. The number of ketones is 5. The summed E-state index contributed by atoms with van der Waals surface area (Å²) in [4.78, 5) is 183. The number of carboxylic acids is 11. The largest absolute Gasteiger partial charge is 0.497 e. The van der Waals surface area contributed by atoms with E-state index >= 15 is 0 Å². The van der Waals surface area contributed by atoms with E-state index in [4.69, 9.17) is 71.7 Å². The standard InChI is InChI=1S/C12H14O3.C11H12O4.C10H8F2O3.C10H10F2O2.C10H9FO3.C10H11FO2.C10H13NO2.C10H10O3.C10H12O3.2C7H10N2O2/c1-12(2,11(14)15)8-10(13)9-6-4-3-5-7-9;1-15-9-4-2-3-8(7-9)10(12)5-6-11(13)14;11-7-3-6(4-8(12)5-7)9(13)1-2-10(14)15;11-10(12,9(13)14)7-6-8-4-2-1-3-5-8;11-8-3-1-7(2-4-8)9(12)5-6-10(13)14;2*11-9(10(12)13)7-6-8-4-2-1-3-5-8;11-9(6-7-10(12)13)8-4-2-1-3-5-8;11-9(10(12)13)7-6-8-4-2-1-3-5-8;10-7(11)3-1-2-6-4-8-5-9-6;10-7(11)3-1-2-6-8-4-5-9-6/h3-7H,8H2,1-2H3,(H,14,15);2-4,7H,5-6H2,1H3,(H,13,14);3-5H,1-2H2,(H,14,15);1-5H,6-7H2,(H,13,14);1-4H,5-6H2,(H,13,14);1-5,9H,6-7H2,(H,12,13);1-5,9H,6-7,11H2,(H,12,13);1-5H,6-7H2,(H,12,13);1-5,9,11H,6-7H2,(H,12,13);2*4-5H,1-3H2,(H,8,9)(H,10,11). The summed E-state index contributed by atoms with van der Waals surface area (Å²) in [5, 5.41) is 101. The molecule has 9 aromatic carbocycles. The number of aryl methyl sites for hydroxylation is 6. The number of halogens is 6. The third-order valence-corrected chi connectivity index (χ3v) is 19.5. The summed E-state index contributed by atoms with van der Waals surface area (Å²) in [7, 11) is 1.51. The highest BCUT2D eigenvalue weighted by Crippen LogP contribution is 2.25. The SMILES string of the molecule is CC(C)(CC(=O)c1ccccc1)C(=O)O.COc1cccc(C(=O)CCC(=O)O)c1.NC(CCc1ccccc1)C(=O)O.O=C(O)C(F)(F)CCc1ccccc1.O=C(O)C(F)CCc1ccccc1.O=C(O)C(O)CCc1ccccc1.O=C(O)CCC(=O)c1cc(F)cc(F)c1.O=C(O)CCC(=O)c1ccc(F)cc1.O=C(O)CCC(=O)c1ccccc1.O=C(O)CCCc1cnc[nH]1.O=C(O)CCCc1ncc[nH]1. The number of nitrogens with zero attached hydrogens (tertiary/aromatic N) is 2. The maximum atomic E-state index is 12.7. The fourth-order valence-electron chi connectivity index (χ4n) is 11.4. The van der Waals surface area contributed by atoms with E-state index in [1.165, 1.54) is 31.4 Å². The Hall–Kier alpha value is -16.8. The Bertz CT molecular complexity index is 5590. The van der Waals surface area contributed by atoms with Crippen LogP contribution >= 0.6 is 0 Å². The Labute approximate surface area is 842 Å². The van der Waals surface area contributed by atoms with Crippen LogP contribution in [0.5, 0.6) is 5.75 Å². The number of aliphatic hydroxyl groups is 1. The van der Waals surface area contributed by atoms with E-state index in [0.29, 0.717) is 84.6 Å². The van der Waals surface area contributed by atoms with Gasteiger partial charge in [0, 0.05) is 116 Å². The van der Waals surface area contributed by atoms with Crippen LogP contribution in [0.2, 0.25) is 0 Å². The number of alkyl halides is 3. The Kier molecular flexibility index (Phi) is 64.0. The molecular formula is C107H119F6N5O29. The molecule has 40 heteroatoms. The van der Waals surface area contributed by atoms with E-state index in [1.54, 1.807) is 142 Å². The van der Waals surface area contributed by atoms with Gasteiger partial charge in [-0.3, -0.25) is 62.3 Å². The van der Waals surface area contributed by atoms with Crippen molar-refractivity contribution < 1.29 is 169 Å². The van der Waals surface area contributed by atoms with Crippen molar-refractivity contribution in [1.82, 2.24) is 19.9 Å². The lowest BCUT2D eigenvalue weighted by Gasteiger charge is -2.17. The van der Waals surface area contributed by atoms with Crippen LogP contribution in [-0.2, 0) is 91.3 Å². The molecule has 147 heavy (non-hydrogen) atoms. The minimum Gasteiger partial charge on any atom is -0.497 e. The molecule has 0 aliphatic carbocycles. The fourth-order valence-corrected chi connectivity index (χ4v) is 11.4. The van der Waals surface area contributed by atoms with Gasteiger partial charge in [0.25, 0.3) is 0 Å². The van der Waals surface area contributed by atoms with Gasteiger partial charge in [0.1, 0.15) is 35.1 Å². The second kappa shape index (κ2) is 73.3. The molecule has 0 radical (unpaired) electrons. The summed E-state index contributed by atoms with van der Waals surface area (Å²) in [6, 6.07) is 68.0. The third kappa shape index (κ3) is 63.7. The van der Waals surface area contributed by atoms with Crippen LogP contribution in [0.4, 0.5) is 26.3 Å². The lowest BCUT2D eigenvalue weighted by molar-refractivity contribution is -0.165. The molecule has 0 spiro atoms. The second-order valence-corrected chi connectivity index (χ2v) is 32.0. The number of methoxy groups -OCH3 is 1. The van der Waals surface area contributed by atoms with Gasteiger partial charge >= 0.3 is 71.6 Å². The molecule has 0 fully saturated rings. The first-order valence-electron chi connectivity index (χ1n) is 45.2. The number of aliphatic carboxylic acids is 11. The normalized spacial score (nSPS) is 10.7. The number of H-pyrrole nitrogens is 2. The molecule has 34 nitrogen and oxygen atoms in total. The minimum absolute atomic E-state index is 0.0164.